The van der Waals surface area contributed by atoms with Crippen LogP contribution in [-0.2, 0) is 16.0 Å². The lowest BCUT2D eigenvalue weighted by Gasteiger charge is -2.20. The van der Waals surface area contributed by atoms with Gasteiger partial charge in [-0.1, -0.05) is 48.7 Å². The van der Waals surface area contributed by atoms with Crippen LogP contribution in [0.1, 0.15) is 39.7 Å². The molecule has 4 heteroatoms. The normalized spacial score (nSPS) is 11.6. The monoisotopic (exact) mass is 345 g/mol. The zero-order valence-electron chi connectivity index (χ0n) is 15.0. The van der Waals surface area contributed by atoms with E-state index in [-0.39, 0.29) is 5.97 Å². The maximum absolute atomic E-state index is 12.0. The highest BCUT2D eigenvalue weighted by Gasteiger charge is 2.19. The van der Waals surface area contributed by atoms with Gasteiger partial charge in [-0.25, -0.2) is 4.79 Å². The summed E-state index contributed by atoms with van der Waals surface area (Å²) in [4.78, 5) is 12.9. The molecule has 0 radical (unpaired) electrons. The van der Waals surface area contributed by atoms with E-state index < -0.39 is 5.60 Å². The number of nitrogens with two attached hydrogens (primary N) is 1. The van der Waals surface area contributed by atoms with Crippen molar-refractivity contribution in [1.82, 2.24) is 0 Å². The van der Waals surface area contributed by atoms with E-state index in [1.165, 1.54) is 17.3 Å². The Morgan fingerprint density at radius 1 is 1.25 bits per heavy atom. The summed E-state index contributed by atoms with van der Waals surface area (Å²) in [6.45, 7) is 11.2. The van der Waals surface area contributed by atoms with E-state index in [1.54, 1.807) is 6.92 Å². The van der Waals surface area contributed by atoms with Gasteiger partial charge in [-0.15, -0.1) is 12.8 Å². The first kappa shape index (κ1) is 21.9. The number of allylic oxidation sites excluding steroid dienone is 1. The van der Waals surface area contributed by atoms with Crippen molar-refractivity contribution in [1.29, 1.82) is 0 Å². The molecular formula is C20H27NO2S. The molecule has 24 heavy (non-hydrogen) atoms. The molecule has 0 heterocycles. The molecule has 0 bridgehead atoms. The second-order valence-electron chi connectivity index (χ2n) is 6.12. The number of ether oxygens (including phenoxy) is 1. The average Bonchev–Trinajstić information content (AvgIpc) is 2.53. The van der Waals surface area contributed by atoms with Crippen molar-refractivity contribution in [2.24, 2.45) is 5.73 Å². The molecule has 1 aromatic rings. The summed E-state index contributed by atoms with van der Waals surface area (Å²) in [5.41, 5.74) is 7.16. The summed E-state index contributed by atoms with van der Waals surface area (Å²) in [5.74, 6) is -0.381. The summed E-state index contributed by atoms with van der Waals surface area (Å²) in [6.07, 6.45) is 9.72. The number of rotatable bonds is 6. The molecule has 0 spiro atoms. The molecule has 0 unspecified atom stereocenters. The first-order valence-corrected chi connectivity index (χ1v) is 8.43. The maximum Gasteiger partial charge on any atom is 0.336 e. The zero-order valence-corrected chi connectivity index (χ0v) is 15.8. The molecule has 0 amide bonds. The summed E-state index contributed by atoms with van der Waals surface area (Å²) >= 11 is 1.34. The van der Waals surface area contributed by atoms with Crippen molar-refractivity contribution in [3.63, 3.8) is 0 Å². The third kappa shape index (κ3) is 9.12. The van der Waals surface area contributed by atoms with E-state index in [4.69, 9.17) is 10.5 Å². The van der Waals surface area contributed by atoms with Crippen LogP contribution in [0.15, 0.2) is 52.4 Å². The van der Waals surface area contributed by atoms with E-state index in [9.17, 15) is 4.79 Å². The molecule has 0 aliphatic rings. The zero-order chi connectivity index (χ0) is 18.8. The Kier molecular flexibility index (Phi) is 9.68. The third-order valence-corrected chi connectivity index (χ3v) is 3.88. The lowest BCUT2D eigenvalue weighted by molar-refractivity contribution is -0.149. The maximum atomic E-state index is 12.0. The summed E-state index contributed by atoms with van der Waals surface area (Å²) < 4.78 is 5.31. The Morgan fingerprint density at radius 3 is 2.29 bits per heavy atom. The molecule has 2 N–H and O–H groups in total. The summed E-state index contributed by atoms with van der Waals surface area (Å²) in [5, 5.41) is 0.451. The van der Waals surface area contributed by atoms with Crippen LogP contribution in [0.3, 0.4) is 0 Å². The van der Waals surface area contributed by atoms with Gasteiger partial charge in [-0.2, -0.15) is 0 Å². The number of benzene rings is 1. The van der Waals surface area contributed by atoms with Crippen LogP contribution in [0.2, 0.25) is 0 Å². The van der Waals surface area contributed by atoms with Gasteiger partial charge in [0.15, 0.2) is 0 Å². The Bertz CT molecular complexity index is 595. The van der Waals surface area contributed by atoms with E-state index in [1.807, 2.05) is 39.0 Å². The number of carbonyl (C=O) groups is 1. The van der Waals surface area contributed by atoms with Crippen molar-refractivity contribution in [2.45, 2.75) is 46.1 Å². The van der Waals surface area contributed by atoms with Crippen molar-refractivity contribution < 1.29 is 9.53 Å². The van der Waals surface area contributed by atoms with E-state index in [2.05, 4.69) is 31.6 Å². The standard InChI is InChI=1S/C18H25NO2S.C2H2/c1-13(11-12-15-9-7-6-8-10-15)22-16(19)14(2)17(20)21-18(3,4)5;1-2/h6-10H,1,11-12,19H2,2-5H3;1-2H/b16-14+;. The van der Waals surface area contributed by atoms with Crippen molar-refractivity contribution in [3.05, 3.63) is 58.0 Å². The SMILES string of the molecule is C#C.C=C(CCc1ccccc1)S/C(N)=C(\C)C(=O)OC(C)(C)C. The molecule has 0 atom stereocenters. The highest BCUT2D eigenvalue weighted by atomic mass is 32.2. The molecule has 0 fully saturated rings. The molecule has 0 aliphatic heterocycles. The number of esters is 1. The Hall–Kier alpha value is -2.12. The van der Waals surface area contributed by atoms with E-state index in [0.717, 1.165) is 17.7 Å². The summed E-state index contributed by atoms with van der Waals surface area (Å²) in [7, 11) is 0. The van der Waals surface area contributed by atoms with Gasteiger partial charge >= 0.3 is 5.97 Å². The Morgan fingerprint density at radius 2 is 1.79 bits per heavy atom. The molecule has 1 rings (SSSR count). The van der Waals surface area contributed by atoms with Crippen molar-refractivity contribution >= 4 is 17.7 Å². The van der Waals surface area contributed by atoms with Crippen LogP contribution in [0.5, 0.6) is 0 Å². The van der Waals surface area contributed by atoms with Gasteiger partial charge in [0.05, 0.1) is 10.6 Å². The molecule has 0 saturated carbocycles. The predicted molar refractivity (Wildman–Crippen MR) is 104 cm³/mol. The first-order chi connectivity index (χ1) is 11.2. The van der Waals surface area contributed by atoms with Gasteiger partial charge in [-0.05, 0) is 51.0 Å². The van der Waals surface area contributed by atoms with Crippen LogP contribution >= 0.6 is 11.8 Å². The smallest absolute Gasteiger partial charge is 0.336 e. The fourth-order valence-corrected chi connectivity index (χ4v) is 2.42. The number of hydrogen-bond acceptors (Lipinski definition) is 4. The number of carbonyl (C=O) groups excluding carboxylic acids is 1. The van der Waals surface area contributed by atoms with Crippen LogP contribution in [0.25, 0.3) is 0 Å². The lowest BCUT2D eigenvalue weighted by Crippen LogP contribution is -2.25. The molecule has 0 aromatic heterocycles. The molecule has 130 valence electrons. The fraction of sp³-hybridized carbons (Fsp3) is 0.350. The minimum Gasteiger partial charge on any atom is -0.457 e. The quantitative estimate of drug-likeness (QED) is 0.463. The summed E-state index contributed by atoms with van der Waals surface area (Å²) in [6, 6.07) is 10.2. The van der Waals surface area contributed by atoms with E-state index >= 15 is 0 Å². The van der Waals surface area contributed by atoms with Crippen LogP contribution in [0.4, 0.5) is 0 Å². The van der Waals surface area contributed by atoms with Crippen LogP contribution in [-0.4, -0.2) is 11.6 Å². The second kappa shape index (κ2) is 10.6. The average molecular weight is 346 g/mol. The minimum absolute atomic E-state index is 0.381. The van der Waals surface area contributed by atoms with Crippen molar-refractivity contribution in [2.75, 3.05) is 0 Å². The molecule has 0 saturated heterocycles. The first-order valence-electron chi connectivity index (χ1n) is 7.61. The van der Waals surface area contributed by atoms with Gasteiger partial charge < -0.3 is 10.5 Å². The topological polar surface area (TPSA) is 52.3 Å². The lowest BCUT2D eigenvalue weighted by atomic mass is 10.1. The minimum atomic E-state index is -0.520. The van der Waals surface area contributed by atoms with Gasteiger partial charge in [0.25, 0.3) is 0 Å². The second-order valence-corrected chi connectivity index (χ2v) is 7.34. The van der Waals surface area contributed by atoms with Gasteiger partial charge in [-0.3, -0.25) is 0 Å². The Labute approximate surface area is 150 Å². The van der Waals surface area contributed by atoms with E-state index in [0.29, 0.717) is 10.6 Å². The highest BCUT2D eigenvalue weighted by Crippen LogP contribution is 2.27. The largest absolute Gasteiger partial charge is 0.457 e. The van der Waals surface area contributed by atoms with Crippen molar-refractivity contribution in [3.8, 4) is 12.8 Å². The van der Waals surface area contributed by atoms with Gasteiger partial charge in [0, 0.05) is 0 Å². The van der Waals surface area contributed by atoms with Gasteiger partial charge in [0.2, 0.25) is 0 Å². The third-order valence-electron chi connectivity index (χ3n) is 2.86. The van der Waals surface area contributed by atoms with Gasteiger partial charge in [0.1, 0.15) is 5.60 Å². The predicted octanol–water partition coefficient (Wildman–Crippen LogP) is 4.65. The number of thioether (sulfide) groups is 1. The van der Waals surface area contributed by atoms with Crippen LogP contribution in [0, 0.1) is 12.8 Å². The highest BCUT2D eigenvalue weighted by molar-refractivity contribution is 8.06. The number of aryl methyl sites for hydroxylation is 1. The number of terminal acetylenes is 1. The molecule has 0 aliphatic carbocycles. The van der Waals surface area contributed by atoms with Crippen LogP contribution < -0.4 is 5.73 Å². The fourth-order valence-electron chi connectivity index (χ4n) is 1.67. The number of hydrogen-bond donors (Lipinski definition) is 1. The Balaban J connectivity index is 0.00000254. The molecule has 1 aromatic carbocycles. The molecule has 3 nitrogen and oxygen atoms in total. The molecular weight excluding hydrogens is 318 g/mol.